The fourth-order valence-electron chi connectivity index (χ4n) is 4.01. The van der Waals surface area contributed by atoms with Crippen LogP contribution in [-0.4, -0.2) is 38.7 Å². The highest BCUT2D eigenvalue weighted by Gasteiger charge is 2.27. The molecule has 4 rings (SSSR count). The Morgan fingerprint density at radius 3 is 2.73 bits per heavy atom. The Balaban J connectivity index is 1.39. The molecule has 0 spiro atoms. The van der Waals surface area contributed by atoms with E-state index >= 15 is 0 Å². The molecule has 138 valence electrons. The number of amides is 1. The van der Waals surface area contributed by atoms with Gasteiger partial charge in [-0.05, 0) is 57.4 Å². The first-order valence-corrected chi connectivity index (χ1v) is 10.2. The summed E-state index contributed by atoms with van der Waals surface area (Å²) in [4.78, 5) is 32.0. The van der Waals surface area contributed by atoms with Crippen molar-refractivity contribution in [3.05, 3.63) is 43.3 Å². The highest BCUT2D eigenvalue weighted by Crippen LogP contribution is 2.24. The van der Waals surface area contributed by atoms with Gasteiger partial charge < -0.3 is 4.90 Å². The molecule has 1 saturated heterocycles. The van der Waals surface area contributed by atoms with E-state index in [0.717, 1.165) is 72.0 Å². The summed E-state index contributed by atoms with van der Waals surface area (Å²) >= 11 is 1.48. The summed E-state index contributed by atoms with van der Waals surface area (Å²) in [5, 5.41) is 5.51. The second kappa shape index (κ2) is 6.95. The number of hydrogen-bond acceptors (Lipinski definition) is 5. The summed E-state index contributed by atoms with van der Waals surface area (Å²) in [6, 6.07) is 1.77. The van der Waals surface area contributed by atoms with Crippen molar-refractivity contribution in [2.75, 3.05) is 13.1 Å². The van der Waals surface area contributed by atoms with E-state index in [2.05, 4.69) is 10.1 Å². The maximum atomic E-state index is 12.7. The molecule has 2 aromatic heterocycles. The highest BCUT2D eigenvalue weighted by atomic mass is 32.1. The number of aromatic nitrogens is 3. The third-order valence-corrected chi connectivity index (χ3v) is 6.52. The van der Waals surface area contributed by atoms with Crippen molar-refractivity contribution in [2.24, 2.45) is 5.92 Å². The van der Waals surface area contributed by atoms with Crippen LogP contribution in [0.5, 0.6) is 0 Å². The molecule has 0 radical (unpaired) electrons. The van der Waals surface area contributed by atoms with Crippen molar-refractivity contribution in [1.82, 2.24) is 19.7 Å². The fraction of sp³-hybridized carbons (Fsp3) is 0.579. The molecule has 0 atom stereocenters. The molecule has 0 N–H and O–H groups in total. The molecule has 1 aliphatic heterocycles. The van der Waals surface area contributed by atoms with Crippen LogP contribution in [-0.2, 0) is 19.4 Å². The summed E-state index contributed by atoms with van der Waals surface area (Å²) in [5.74, 6) is 0.493. The number of likely N-dealkylation sites (tertiary alicyclic amines) is 1. The molecule has 1 fully saturated rings. The Labute approximate surface area is 156 Å². The van der Waals surface area contributed by atoms with Crippen molar-refractivity contribution in [3.8, 4) is 0 Å². The second-order valence-electron chi connectivity index (χ2n) is 7.37. The third kappa shape index (κ3) is 3.32. The smallest absolute Gasteiger partial charge is 0.267 e. The number of piperidine rings is 1. The Bertz CT molecular complexity index is 893. The van der Waals surface area contributed by atoms with E-state index in [4.69, 9.17) is 0 Å². The Kier molecular flexibility index (Phi) is 4.65. The number of hydrogen-bond donors (Lipinski definition) is 0. The molecule has 0 bridgehead atoms. The lowest BCUT2D eigenvalue weighted by Crippen LogP contribution is -2.40. The van der Waals surface area contributed by atoms with E-state index in [9.17, 15) is 9.59 Å². The van der Waals surface area contributed by atoms with Crippen LogP contribution in [0.1, 0.15) is 50.9 Å². The van der Waals surface area contributed by atoms with Gasteiger partial charge in [-0.2, -0.15) is 5.10 Å². The zero-order chi connectivity index (χ0) is 18.3. The van der Waals surface area contributed by atoms with Gasteiger partial charge in [-0.15, -0.1) is 11.3 Å². The van der Waals surface area contributed by atoms with Gasteiger partial charge in [0.25, 0.3) is 11.5 Å². The zero-order valence-electron chi connectivity index (χ0n) is 15.3. The zero-order valence-corrected chi connectivity index (χ0v) is 16.1. The first kappa shape index (κ1) is 17.4. The summed E-state index contributed by atoms with van der Waals surface area (Å²) in [5.41, 5.74) is 3.06. The number of carbonyl (C=O) groups excluding carboxylic acids is 1. The molecule has 0 saturated carbocycles. The van der Waals surface area contributed by atoms with Gasteiger partial charge >= 0.3 is 0 Å². The quantitative estimate of drug-likeness (QED) is 0.829. The molecule has 1 aliphatic carbocycles. The van der Waals surface area contributed by atoms with Crippen molar-refractivity contribution in [2.45, 2.75) is 52.5 Å². The van der Waals surface area contributed by atoms with E-state index < -0.39 is 0 Å². The summed E-state index contributed by atoms with van der Waals surface area (Å²) in [6.45, 7) is 5.96. The van der Waals surface area contributed by atoms with Crippen LogP contribution in [0.25, 0.3) is 0 Å². The minimum absolute atomic E-state index is 0.0138. The first-order chi connectivity index (χ1) is 12.5. The lowest BCUT2D eigenvalue weighted by molar-refractivity contribution is 0.0684. The Morgan fingerprint density at radius 2 is 2.04 bits per heavy atom. The second-order valence-corrected chi connectivity index (χ2v) is 8.58. The number of nitrogens with zero attached hydrogens (tertiary/aromatic N) is 4. The first-order valence-electron chi connectivity index (χ1n) is 9.34. The number of rotatable bonds is 3. The van der Waals surface area contributed by atoms with E-state index in [-0.39, 0.29) is 11.5 Å². The largest absolute Gasteiger partial charge is 0.338 e. The van der Waals surface area contributed by atoms with Gasteiger partial charge in [0.2, 0.25) is 0 Å². The van der Waals surface area contributed by atoms with Crippen molar-refractivity contribution in [1.29, 1.82) is 0 Å². The normalized spacial score (nSPS) is 17.5. The molecule has 0 unspecified atom stereocenters. The van der Waals surface area contributed by atoms with E-state index in [0.29, 0.717) is 12.5 Å². The van der Waals surface area contributed by atoms with Gasteiger partial charge in [0.05, 0.1) is 16.4 Å². The van der Waals surface area contributed by atoms with Crippen molar-refractivity contribution >= 4 is 17.2 Å². The van der Waals surface area contributed by atoms with Crippen LogP contribution in [0.15, 0.2) is 10.9 Å². The monoisotopic (exact) mass is 372 g/mol. The van der Waals surface area contributed by atoms with Gasteiger partial charge in [0.1, 0.15) is 4.88 Å². The molecule has 6 nitrogen and oxygen atoms in total. The number of carbonyl (C=O) groups is 1. The average molecular weight is 372 g/mol. The number of aryl methyl sites for hydroxylation is 4. The maximum Gasteiger partial charge on any atom is 0.267 e. The van der Waals surface area contributed by atoms with E-state index in [1.807, 2.05) is 18.7 Å². The van der Waals surface area contributed by atoms with Gasteiger partial charge in [-0.25, -0.2) is 9.67 Å². The maximum absolute atomic E-state index is 12.7. The molecule has 2 aliphatic rings. The molecular formula is C19H24N4O2S. The van der Waals surface area contributed by atoms with E-state index in [1.165, 1.54) is 11.3 Å². The summed E-state index contributed by atoms with van der Waals surface area (Å²) < 4.78 is 1.64. The van der Waals surface area contributed by atoms with Gasteiger partial charge in [0, 0.05) is 25.7 Å². The number of thiazole rings is 1. The third-order valence-electron chi connectivity index (χ3n) is 5.45. The molecule has 1 amide bonds. The van der Waals surface area contributed by atoms with Gasteiger partial charge in [0.15, 0.2) is 0 Å². The standard InChI is InChI=1S/C19H24N4O2S/c1-12-18(26-13(2)20-12)19(25)22-8-6-14(7-9-22)11-23-17(24)10-15-4-3-5-16(15)21-23/h10,14H,3-9,11H2,1-2H3. The van der Waals surface area contributed by atoms with Crippen LogP contribution in [0.3, 0.4) is 0 Å². The summed E-state index contributed by atoms with van der Waals surface area (Å²) in [6.07, 6.45) is 4.88. The summed E-state index contributed by atoms with van der Waals surface area (Å²) in [7, 11) is 0. The molecule has 7 heteroatoms. The van der Waals surface area contributed by atoms with Crippen molar-refractivity contribution < 1.29 is 4.79 Å². The molecule has 0 aromatic carbocycles. The van der Waals surface area contributed by atoms with Crippen LogP contribution in [0.2, 0.25) is 0 Å². The fourth-order valence-corrected chi connectivity index (χ4v) is 4.89. The molecule has 3 heterocycles. The minimum atomic E-state index is 0.0138. The number of fused-ring (bicyclic) bond motifs is 1. The topological polar surface area (TPSA) is 68.1 Å². The SMILES string of the molecule is Cc1nc(C)c(C(=O)N2CCC(Cn3nc4c(cc3=O)CCC4)CC2)s1. The van der Waals surface area contributed by atoms with Crippen LogP contribution in [0, 0.1) is 19.8 Å². The minimum Gasteiger partial charge on any atom is -0.338 e. The van der Waals surface area contributed by atoms with Crippen LogP contribution < -0.4 is 5.56 Å². The lowest BCUT2D eigenvalue weighted by atomic mass is 9.96. The van der Waals surface area contributed by atoms with Crippen molar-refractivity contribution in [3.63, 3.8) is 0 Å². The van der Waals surface area contributed by atoms with Gasteiger partial charge in [-0.3, -0.25) is 9.59 Å². The Morgan fingerprint density at radius 1 is 1.27 bits per heavy atom. The molecule has 26 heavy (non-hydrogen) atoms. The average Bonchev–Trinajstić information content (AvgIpc) is 3.20. The predicted octanol–water partition coefficient (Wildman–Crippen LogP) is 2.36. The highest BCUT2D eigenvalue weighted by molar-refractivity contribution is 7.13. The van der Waals surface area contributed by atoms with E-state index in [1.54, 1.807) is 10.7 Å². The van der Waals surface area contributed by atoms with Crippen LogP contribution in [0.4, 0.5) is 0 Å². The molecular weight excluding hydrogens is 348 g/mol. The lowest BCUT2D eigenvalue weighted by Gasteiger charge is -2.31. The molecule has 2 aromatic rings. The predicted molar refractivity (Wildman–Crippen MR) is 101 cm³/mol. The Hall–Kier alpha value is -2.02. The van der Waals surface area contributed by atoms with Crippen LogP contribution >= 0.6 is 11.3 Å². The van der Waals surface area contributed by atoms with Gasteiger partial charge in [-0.1, -0.05) is 0 Å².